The van der Waals surface area contributed by atoms with E-state index >= 15 is 0 Å². The van der Waals surface area contributed by atoms with Crippen LogP contribution in [0.4, 0.5) is 0 Å². The van der Waals surface area contributed by atoms with Crippen LogP contribution in [0.2, 0.25) is 39.3 Å². The molecule has 182 valence electrons. The van der Waals surface area contributed by atoms with Crippen LogP contribution in [-0.2, 0) is 5.41 Å². The van der Waals surface area contributed by atoms with Gasteiger partial charge in [0.05, 0.1) is 16.1 Å². The Morgan fingerprint density at radius 1 is 0.545 bits per heavy atom. The first-order chi connectivity index (χ1) is 15.5. The molecule has 2 aromatic carbocycles. The van der Waals surface area contributed by atoms with Crippen molar-refractivity contribution < 1.29 is 0 Å². The minimum absolute atomic E-state index is 0.220. The molecule has 0 amide bonds. The van der Waals surface area contributed by atoms with Crippen LogP contribution in [0.1, 0.15) is 89.2 Å². The summed E-state index contributed by atoms with van der Waals surface area (Å²) in [6.45, 7) is 19.7. The minimum Gasteiger partial charge on any atom is -0.0656 e. The Morgan fingerprint density at radius 2 is 0.939 bits per heavy atom. The van der Waals surface area contributed by atoms with Crippen molar-refractivity contribution in [2.75, 3.05) is 0 Å². The van der Waals surface area contributed by atoms with E-state index in [1.165, 1.54) is 64.2 Å². The van der Waals surface area contributed by atoms with Crippen molar-refractivity contribution in [2.24, 2.45) is 0 Å². The van der Waals surface area contributed by atoms with Gasteiger partial charge in [-0.2, -0.15) is 0 Å². The van der Waals surface area contributed by atoms with Gasteiger partial charge in [-0.15, -0.1) is 0 Å². The highest BCUT2D eigenvalue weighted by Gasteiger charge is 2.43. The third-order valence-electron chi connectivity index (χ3n) is 8.01. The average molecular weight is 479 g/mol. The Bertz CT molecular complexity index is 849. The second kappa shape index (κ2) is 10.6. The van der Waals surface area contributed by atoms with E-state index in [0.29, 0.717) is 0 Å². The number of fused-ring (bicyclic) bond motifs is 3. The first-order valence-electron chi connectivity index (χ1n) is 13.8. The molecule has 2 heteroatoms. The van der Waals surface area contributed by atoms with Crippen molar-refractivity contribution in [1.82, 2.24) is 0 Å². The molecule has 1 aliphatic rings. The van der Waals surface area contributed by atoms with Crippen LogP contribution in [0, 0.1) is 0 Å². The number of rotatable bonds is 12. The molecule has 0 saturated heterocycles. The van der Waals surface area contributed by atoms with Gasteiger partial charge in [0.25, 0.3) is 0 Å². The molecular formula is C31H50Si2. The van der Waals surface area contributed by atoms with Crippen molar-refractivity contribution in [2.45, 2.75) is 123 Å². The topological polar surface area (TPSA) is 0 Å². The number of unbranched alkanes of at least 4 members (excludes halogenated alkanes) is 6. The molecule has 0 N–H and O–H groups in total. The van der Waals surface area contributed by atoms with Gasteiger partial charge >= 0.3 is 0 Å². The quantitative estimate of drug-likeness (QED) is 0.211. The van der Waals surface area contributed by atoms with Gasteiger partial charge in [-0.05, 0) is 35.1 Å². The molecule has 0 atom stereocenters. The summed E-state index contributed by atoms with van der Waals surface area (Å²) in [5, 5.41) is 3.26. The molecule has 3 rings (SSSR count). The maximum Gasteiger partial charge on any atom is 0.0776 e. The summed E-state index contributed by atoms with van der Waals surface area (Å²) in [6.07, 6.45) is 13.5. The fourth-order valence-corrected chi connectivity index (χ4v) is 8.12. The molecule has 0 unspecified atom stereocenters. The summed E-state index contributed by atoms with van der Waals surface area (Å²) >= 11 is 0. The molecule has 0 radical (unpaired) electrons. The van der Waals surface area contributed by atoms with Crippen LogP contribution < -0.4 is 10.4 Å². The van der Waals surface area contributed by atoms with Gasteiger partial charge in [-0.25, -0.2) is 0 Å². The van der Waals surface area contributed by atoms with Gasteiger partial charge in [-0.1, -0.05) is 151 Å². The zero-order valence-corrected chi connectivity index (χ0v) is 25.0. The van der Waals surface area contributed by atoms with Crippen LogP contribution in [0.5, 0.6) is 0 Å². The molecule has 0 aromatic heterocycles. The number of hydrogen-bond donors (Lipinski definition) is 0. The molecule has 0 heterocycles. The molecule has 0 aliphatic heterocycles. The third-order valence-corrected chi connectivity index (χ3v) is 12.1. The van der Waals surface area contributed by atoms with Crippen LogP contribution in [0.25, 0.3) is 11.1 Å². The van der Waals surface area contributed by atoms with E-state index < -0.39 is 16.1 Å². The van der Waals surface area contributed by atoms with E-state index in [4.69, 9.17) is 0 Å². The summed E-state index contributed by atoms with van der Waals surface area (Å²) in [5.41, 5.74) is 6.66. The smallest absolute Gasteiger partial charge is 0.0656 e. The van der Waals surface area contributed by atoms with E-state index in [9.17, 15) is 0 Å². The average Bonchev–Trinajstić information content (AvgIpc) is 3.02. The molecular weight excluding hydrogens is 429 g/mol. The molecule has 0 fully saturated rings. The van der Waals surface area contributed by atoms with Gasteiger partial charge in [-0.3, -0.25) is 0 Å². The summed E-state index contributed by atoms with van der Waals surface area (Å²) < 4.78 is 0. The molecule has 33 heavy (non-hydrogen) atoms. The second-order valence-corrected chi connectivity index (χ2v) is 22.9. The monoisotopic (exact) mass is 478 g/mol. The van der Waals surface area contributed by atoms with Crippen LogP contribution in [0.15, 0.2) is 36.4 Å². The zero-order chi connectivity index (χ0) is 24.3. The zero-order valence-electron chi connectivity index (χ0n) is 23.0. The maximum absolute atomic E-state index is 2.68. The summed E-state index contributed by atoms with van der Waals surface area (Å²) in [5.74, 6) is 0. The molecule has 1 aliphatic carbocycles. The summed E-state index contributed by atoms with van der Waals surface area (Å²) in [7, 11) is -2.73. The highest BCUT2D eigenvalue weighted by molar-refractivity contribution is 6.89. The van der Waals surface area contributed by atoms with E-state index in [2.05, 4.69) is 89.5 Å². The second-order valence-electron chi connectivity index (χ2n) is 12.7. The Balaban J connectivity index is 2.18. The number of hydrogen-bond acceptors (Lipinski definition) is 0. The molecule has 0 saturated carbocycles. The van der Waals surface area contributed by atoms with E-state index in [-0.39, 0.29) is 5.41 Å². The molecule has 0 spiro atoms. The van der Waals surface area contributed by atoms with Crippen LogP contribution >= 0.6 is 0 Å². The lowest BCUT2D eigenvalue weighted by molar-refractivity contribution is 0.401. The Hall–Kier alpha value is -1.13. The predicted molar refractivity (Wildman–Crippen MR) is 156 cm³/mol. The minimum atomic E-state index is -1.36. The van der Waals surface area contributed by atoms with Crippen LogP contribution in [0.3, 0.4) is 0 Å². The van der Waals surface area contributed by atoms with Gasteiger partial charge in [0.15, 0.2) is 0 Å². The molecule has 2 aromatic rings. The third kappa shape index (κ3) is 5.76. The Morgan fingerprint density at radius 3 is 1.27 bits per heavy atom. The lowest BCUT2D eigenvalue weighted by atomic mass is 9.70. The number of benzene rings is 2. The molecule has 0 bridgehead atoms. The van der Waals surface area contributed by atoms with Crippen LogP contribution in [-0.4, -0.2) is 16.1 Å². The normalized spacial score (nSPS) is 14.9. The largest absolute Gasteiger partial charge is 0.0776 e. The lowest BCUT2D eigenvalue weighted by Crippen LogP contribution is -2.39. The fourth-order valence-electron chi connectivity index (χ4n) is 5.80. The van der Waals surface area contributed by atoms with Crippen molar-refractivity contribution >= 4 is 26.5 Å². The highest BCUT2D eigenvalue weighted by atomic mass is 28.3. The van der Waals surface area contributed by atoms with Crippen molar-refractivity contribution in [3.8, 4) is 11.1 Å². The Kier molecular flexibility index (Phi) is 8.54. The first-order valence-corrected chi connectivity index (χ1v) is 20.8. The summed E-state index contributed by atoms with van der Waals surface area (Å²) in [4.78, 5) is 0. The van der Waals surface area contributed by atoms with Crippen molar-refractivity contribution in [1.29, 1.82) is 0 Å². The standard InChI is InChI=1S/C31H50Si2/c1-9-11-13-15-21-31(22-16-14-12-10-2)29-23-25(32(3,4)5)17-19-27(29)28-20-18-26(24-30(28)31)33(6,7)8/h17-20,23-24H,9-16,21-22H2,1-8H3. The van der Waals surface area contributed by atoms with Gasteiger partial charge in [0.2, 0.25) is 0 Å². The van der Waals surface area contributed by atoms with Gasteiger partial charge in [0, 0.05) is 5.41 Å². The van der Waals surface area contributed by atoms with Crippen molar-refractivity contribution in [3.63, 3.8) is 0 Å². The maximum atomic E-state index is 2.68. The lowest BCUT2D eigenvalue weighted by Gasteiger charge is -2.34. The fraction of sp³-hybridized carbons (Fsp3) is 0.613. The van der Waals surface area contributed by atoms with E-state index in [1.54, 1.807) is 32.6 Å². The summed E-state index contributed by atoms with van der Waals surface area (Å²) in [6, 6.07) is 15.3. The highest BCUT2D eigenvalue weighted by Crippen LogP contribution is 2.54. The van der Waals surface area contributed by atoms with Crippen molar-refractivity contribution in [3.05, 3.63) is 47.5 Å². The van der Waals surface area contributed by atoms with Gasteiger partial charge in [0.1, 0.15) is 0 Å². The van der Waals surface area contributed by atoms with E-state index in [0.717, 1.165) is 0 Å². The first kappa shape index (κ1) is 26.5. The van der Waals surface area contributed by atoms with Gasteiger partial charge < -0.3 is 0 Å². The SMILES string of the molecule is CCCCCCC1(CCCCCC)c2cc([Si](C)(C)C)ccc2-c2ccc([Si](C)(C)C)cc21. The predicted octanol–water partition coefficient (Wildman–Crippen LogP) is 8.98. The molecule has 0 nitrogen and oxygen atoms in total. The Labute approximate surface area is 207 Å². The van der Waals surface area contributed by atoms with E-state index in [1.807, 2.05) is 0 Å².